The Bertz CT molecular complexity index is 4000. The topological polar surface area (TPSA) is 9.86 Å². The molecular weight excluding hydrogens is 845 g/mol. The SMILES string of the molecule is CC1C(n2c3ccc(-c4ccc5c(c4)c4ccccc4n5-c4ccc(-c5ccccc5)cc4)cc3c3ccc4c(c32)C(c2ccccc2)(c2ccccc2)c2ccccc2-4)=CC=CC1c1ccccc1. The summed E-state index contributed by atoms with van der Waals surface area (Å²) < 4.78 is 5.07. The molecule has 0 bridgehead atoms. The molecule has 14 rings (SSSR count). The van der Waals surface area contributed by atoms with Crippen LogP contribution in [0.3, 0.4) is 0 Å². The maximum absolute atomic E-state index is 2.66. The van der Waals surface area contributed by atoms with Crippen LogP contribution >= 0.6 is 0 Å². The molecule has 330 valence electrons. The summed E-state index contributed by atoms with van der Waals surface area (Å²) in [5.41, 5.74) is 20.7. The second-order valence-electron chi connectivity index (χ2n) is 19.2. The van der Waals surface area contributed by atoms with Gasteiger partial charge in [-0.25, -0.2) is 0 Å². The van der Waals surface area contributed by atoms with Crippen molar-refractivity contribution in [3.8, 4) is 39.1 Å². The molecule has 2 aliphatic carbocycles. The number of rotatable bonds is 7. The maximum Gasteiger partial charge on any atom is 0.0734 e. The van der Waals surface area contributed by atoms with Crippen molar-refractivity contribution in [2.75, 3.05) is 0 Å². The highest BCUT2D eigenvalue weighted by atomic mass is 15.0. The van der Waals surface area contributed by atoms with Crippen molar-refractivity contribution < 1.29 is 0 Å². The minimum absolute atomic E-state index is 0.197. The lowest BCUT2D eigenvalue weighted by molar-refractivity contribution is 0.631. The van der Waals surface area contributed by atoms with Gasteiger partial charge in [-0.2, -0.15) is 0 Å². The largest absolute Gasteiger partial charge is 0.312 e. The van der Waals surface area contributed by atoms with Gasteiger partial charge in [-0.1, -0.05) is 219 Å². The lowest BCUT2D eigenvalue weighted by Crippen LogP contribution is -2.29. The van der Waals surface area contributed by atoms with Gasteiger partial charge >= 0.3 is 0 Å². The minimum Gasteiger partial charge on any atom is -0.312 e. The van der Waals surface area contributed by atoms with E-state index in [2.05, 4.69) is 277 Å². The molecule has 0 saturated heterocycles. The first kappa shape index (κ1) is 40.4. The van der Waals surface area contributed by atoms with Gasteiger partial charge in [-0.3, -0.25) is 0 Å². The van der Waals surface area contributed by atoms with Gasteiger partial charge in [0.2, 0.25) is 0 Å². The number of aromatic nitrogens is 2. The lowest BCUT2D eigenvalue weighted by Gasteiger charge is -2.35. The summed E-state index contributed by atoms with van der Waals surface area (Å²) in [5, 5.41) is 5.00. The highest BCUT2D eigenvalue weighted by Crippen LogP contribution is 2.59. The Hall–Kier alpha value is -8.72. The Morgan fingerprint density at radius 3 is 1.64 bits per heavy atom. The van der Waals surface area contributed by atoms with Gasteiger partial charge in [-0.05, 0) is 104 Å². The molecule has 70 heavy (non-hydrogen) atoms. The third-order valence-corrected chi connectivity index (χ3v) is 15.6. The van der Waals surface area contributed by atoms with Crippen molar-refractivity contribution in [1.29, 1.82) is 0 Å². The van der Waals surface area contributed by atoms with Crippen LogP contribution in [-0.4, -0.2) is 9.13 Å². The first-order chi connectivity index (χ1) is 34.7. The molecule has 0 aliphatic heterocycles. The van der Waals surface area contributed by atoms with E-state index in [0.29, 0.717) is 0 Å². The predicted molar refractivity (Wildman–Crippen MR) is 294 cm³/mol. The Kier molecular flexibility index (Phi) is 9.19. The van der Waals surface area contributed by atoms with Gasteiger partial charge in [0, 0.05) is 50.3 Å². The fourth-order valence-corrected chi connectivity index (χ4v) is 12.5. The average molecular weight is 893 g/mol. The third-order valence-electron chi connectivity index (χ3n) is 15.6. The van der Waals surface area contributed by atoms with Crippen LogP contribution in [0.2, 0.25) is 0 Å². The Balaban J connectivity index is 1.01. The maximum atomic E-state index is 2.66. The Morgan fingerprint density at radius 2 is 0.943 bits per heavy atom. The number of benzene rings is 10. The van der Waals surface area contributed by atoms with E-state index >= 15 is 0 Å². The summed E-state index contributed by atoms with van der Waals surface area (Å²) in [5.74, 6) is 0.424. The number of hydrogen-bond acceptors (Lipinski definition) is 0. The van der Waals surface area contributed by atoms with Crippen LogP contribution in [0.5, 0.6) is 0 Å². The van der Waals surface area contributed by atoms with Crippen molar-refractivity contribution in [2.24, 2.45) is 5.92 Å². The van der Waals surface area contributed by atoms with Gasteiger partial charge in [-0.15, -0.1) is 0 Å². The number of hydrogen-bond donors (Lipinski definition) is 0. The normalized spacial score (nSPS) is 15.9. The van der Waals surface area contributed by atoms with Crippen LogP contribution in [0, 0.1) is 5.92 Å². The summed E-state index contributed by atoms with van der Waals surface area (Å²) >= 11 is 0. The molecule has 2 aliphatic rings. The summed E-state index contributed by atoms with van der Waals surface area (Å²) in [6.07, 6.45) is 7.06. The molecule has 0 saturated carbocycles. The van der Waals surface area contributed by atoms with E-state index in [1.165, 1.54) is 111 Å². The van der Waals surface area contributed by atoms with Gasteiger partial charge in [0.1, 0.15) is 0 Å². The number of fused-ring (bicyclic) bond motifs is 10. The second kappa shape index (κ2) is 15.9. The quantitative estimate of drug-likeness (QED) is 0.151. The van der Waals surface area contributed by atoms with Crippen molar-refractivity contribution >= 4 is 49.3 Å². The van der Waals surface area contributed by atoms with E-state index in [4.69, 9.17) is 0 Å². The zero-order valence-corrected chi connectivity index (χ0v) is 38.9. The highest BCUT2D eigenvalue weighted by Gasteiger charge is 2.48. The van der Waals surface area contributed by atoms with Gasteiger partial charge in [0.05, 0.1) is 27.5 Å². The van der Waals surface area contributed by atoms with Crippen molar-refractivity contribution in [3.05, 3.63) is 289 Å². The van der Waals surface area contributed by atoms with Crippen molar-refractivity contribution in [3.63, 3.8) is 0 Å². The van der Waals surface area contributed by atoms with E-state index in [1.54, 1.807) is 0 Å². The molecule has 10 aromatic carbocycles. The van der Waals surface area contributed by atoms with E-state index in [-0.39, 0.29) is 11.8 Å². The van der Waals surface area contributed by atoms with Crippen LogP contribution in [0.4, 0.5) is 0 Å². The standard InChI is InChI=1S/C68H48N2/c1-45-54(48-21-8-3-9-22-48)29-18-32-62(45)70-65-42-36-50(49-35-41-64-59(43-49)56-28-15-17-31-63(56)69(64)53-37-33-47(34-38-53)46-19-6-2-7-20-46)44-60(65)58-40-39-57-55-27-14-16-30-61(55)68(66(57)67(58)70,51-23-10-4-11-24-51)52-25-12-5-13-26-52/h2-45,54H,1H3. The molecule has 2 nitrogen and oxygen atoms in total. The van der Waals surface area contributed by atoms with Crippen LogP contribution in [-0.2, 0) is 5.41 Å². The first-order valence-electron chi connectivity index (χ1n) is 24.6. The van der Waals surface area contributed by atoms with Crippen LogP contribution in [0.1, 0.15) is 40.7 Å². The zero-order valence-electron chi connectivity index (χ0n) is 38.9. The van der Waals surface area contributed by atoms with Crippen molar-refractivity contribution in [1.82, 2.24) is 9.13 Å². The van der Waals surface area contributed by atoms with Crippen molar-refractivity contribution in [2.45, 2.75) is 18.3 Å². The van der Waals surface area contributed by atoms with E-state index in [9.17, 15) is 0 Å². The Morgan fingerprint density at radius 1 is 0.400 bits per heavy atom. The molecule has 0 amide bonds. The number of nitrogens with zero attached hydrogens (tertiary/aromatic N) is 2. The smallest absolute Gasteiger partial charge is 0.0734 e. The highest BCUT2D eigenvalue weighted by molar-refractivity contribution is 6.16. The summed E-state index contributed by atoms with van der Waals surface area (Å²) in [7, 11) is 0. The van der Waals surface area contributed by atoms with Crippen LogP contribution in [0.25, 0.3) is 88.4 Å². The molecule has 0 spiro atoms. The number of allylic oxidation sites excluding steroid dienone is 4. The third kappa shape index (κ3) is 5.93. The second-order valence-corrected chi connectivity index (χ2v) is 19.2. The predicted octanol–water partition coefficient (Wildman–Crippen LogP) is 17.4. The fraction of sp³-hybridized carbons (Fsp3) is 0.0588. The number of para-hydroxylation sites is 1. The fourth-order valence-electron chi connectivity index (χ4n) is 12.5. The zero-order chi connectivity index (χ0) is 46.3. The molecule has 2 atom stereocenters. The molecule has 2 heterocycles. The van der Waals surface area contributed by atoms with E-state index in [1.807, 2.05) is 0 Å². The van der Waals surface area contributed by atoms with Crippen LogP contribution < -0.4 is 0 Å². The Labute approximate surface area is 408 Å². The molecule has 2 aromatic heterocycles. The van der Waals surface area contributed by atoms with Crippen LogP contribution in [0.15, 0.2) is 261 Å². The first-order valence-corrected chi connectivity index (χ1v) is 24.6. The molecule has 2 heteroatoms. The van der Waals surface area contributed by atoms with Gasteiger partial charge < -0.3 is 9.13 Å². The molecule has 0 radical (unpaired) electrons. The average Bonchev–Trinajstić information content (AvgIpc) is 4.06. The lowest BCUT2D eigenvalue weighted by atomic mass is 9.67. The van der Waals surface area contributed by atoms with E-state index < -0.39 is 5.41 Å². The molecule has 0 fully saturated rings. The molecule has 12 aromatic rings. The van der Waals surface area contributed by atoms with E-state index in [0.717, 1.165) is 5.69 Å². The summed E-state index contributed by atoms with van der Waals surface area (Å²) in [6, 6.07) is 90.2. The van der Waals surface area contributed by atoms with Gasteiger partial charge in [0.15, 0.2) is 0 Å². The molecule has 0 N–H and O–H groups in total. The van der Waals surface area contributed by atoms with Gasteiger partial charge in [0.25, 0.3) is 0 Å². The molecular formula is C68H48N2. The summed E-state index contributed by atoms with van der Waals surface area (Å²) in [6.45, 7) is 2.42. The summed E-state index contributed by atoms with van der Waals surface area (Å²) in [4.78, 5) is 0. The minimum atomic E-state index is -0.572. The monoisotopic (exact) mass is 892 g/mol. The molecule has 2 unspecified atom stereocenters.